The van der Waals surface area contributed by atoms with Gasteiger partial charge in [-0.2, -0.15) is 0 Å². The summed E-state index contributed by atoms with van der Waals surface area (Å²) < 4.78 is 33.5. The summed E-state index contributed by atoms with van der Waals surface area (Å²) in [6.07, 6.45) is -2.08. The molecule has 190 valence electrons. The van der Waals surface area contributed by atoms with Gasteiger partial charge in [0.05, 0.1) is 18.3 Å². The highest BCUT2D eigenvalue weighted by Crippen LogP contribution is 2.33. The van der Waals surface area contributed by atoms with Crippen molar-refractivity contribution < 1.29 is 32.8 Å². The summed E-state index contributed by atoms with van der Waals surface area (Å²) in [5.41, 5.74) is 1.19. The number of alkyl halides is 2. The maximum atomic E-state index is 14.2. The van der Waals surface area contributed by atoms with E-state index in [9.17, 15) is 28.3 Å². The number of benzene rings is 1. The van der Waals surface area contributed by atoms with Crippen molar-refractivity contribution in [2.75, 3.05) is 13.1 Å². The van der Waals surface area contributed by atoms with Gasteiger partial charge in [-0.1, -0.05) is 42.4 Å². The Morgan fingerprint density at radius 3 is 2.54 bits per heavy atom. The predicted octanol–water partition coefficient (Wildman–Crippen LogP) is 1.76. The Morgan fingerprint density at radius 1 is 1.26 bits per heavy atom. The van der Waals surface area contributed by atoms with Crippen LogP contribution in [0.25, 0.3) is 0 Å². The third kappa shape index (κ3) is 6.21. The zero-order valence-electron chi connectivity index (χ0n) is 19.9. The largest absolute Gasteiger partial charge is 0.381 e. The van der Waals surface area contributed by atoms with Gasteiger partial charge in [-0.05, 0) is 32.3 Å². The minimum Gasteiger partial charge on any atom is -0.381 e. The number of nitrogens with zero attached hydrogens (tertiary/aromatic N) is 2. The number of hydrogen-bond acceptors (Lipinski definition) is 6. The molecule has 3 N–H and O–H groups in total. The van der Waals surface area contributed by atoms with E-state index in [4.69, 9.17) is 4.52 Å². The molecule has 0 radical (unpaired) electrons. The number of aryl methyl sites for hydroxylation is 2. The minimum absolute atomic E-state index is 0.0415. The zero-order chi connectivity index (χ0) is 25.8. The normalized spacial score (nSPS) is 18.7. The van der Waals surface area contributed by atoms with Gasteiger partial charge < -0.3 is 25.2 Å². The van der Waals surface area contributed by atoms with Crippen molar-refractivity contribution in [1.82, 2.24) is 20.7 Å². The van der Waals surface area contributed by atoms with Crippen LogP contribution in [0.2, 0.25) is 0 Å². The third-order valence-corrected chi connectivity index (χ3v) is 5.91. The van der Waals surface area contributed by atoms with E-state index in [-0.39, 0.29) is 24.3 Å². The molecule has 3 rings (SSSR count). The molecule has 0 bridgehead atoms. The second-order valence-electron chi connectivity index (χ2n) is 8.75. The first-order chi connectivity index (χ1) is 16.5. The van der Waals surface area contributed by atoms with Gasteiger partial charge in [0.1, 0.15) is 17.4 Å². The fourth-order valence-electron chi connectivity index (χ4n) is 4.15. The van der Waals surface area contributed by atoms with Crippen LogP contribution in [0.15, 0.2) is 34.9 Å². The summed E-state index contributed by atoms with van der Waals surface area (Å²) in [6.45, 7) is 4.21. The lowest BCUT2D eigenvalue weighted by Gasteiger charge is -2.30. The standard InChI is InChI=1S/C24H30F2N4O5/c1-4-10-27-21(32)18-12-24(25,26)13-30(18)23(34)20(31)17(11-16-8-6-5-7-9-16)28-22(33)19-14(2)29-35-15(19)3/h5-9,17-18,20,31H,4,10-13H2,1-3H3,(H,27,32)(H,28,33)/t17-,18-,20-/m0/s1. The van der Waals surface area contributed by atoms with Gasteiger partial charge in [0, 0.05) is 13.0 Å². The Balaban J connectivity index is 1.86. The molecule has 1 aliphatic rings. The van der Waals surface area contributed by atoms with E-state index in [0.717, 1.165) is 0 Å². The molecule has 11 heteroatoms. The Hall–Kier alpha value is -3.34. The van der Waals surface area contributed by atoms with Crippen molar-refractivity contribution in [3.63, 3.8) is 0 Å². The van der Waals surface area contributed by atoms with Crippen molar-refractivity contribution in [3.8, 4) is 0 Å². The summed E-state index contributed by atoms with van der Waals surface area (Å²) in [5, 5.41) is 19.9. The number of aliphatic hydroxyl groups is 1. The number of halogens is 2. The van der Waals surface area contributed by atoms with Crippen molar-refractivity contribution in [1.29, 1.82) is 0 Å². The average molecular weight is 493 g/mol. The Bertz CT molecular complexity index is 1040. The predicted molar refractivity (Wildman–Crippen MR) is 122 cm³/mol. The second-order valence-corrected chi connectivity index (χ2v) is 8.75. The molecule has 1 saturated heterocycles. The Morgan fingerprint density at radius 2 is 1.94 bits per heavy atom. The van der Waals surface area contributed by atoms with Crippen LogP contribution < -0.4 is 10.6 Å². The van der Waals surface area contributed by atoms with E-state index in [1.165, 1.54) is 0 Å². The van der Waals surface area contributed by atoms with Gasteiger partial charge >= 0.3 is 0 Å². The average Bonchev–Trinajstić information content (AvgIpc) is 3.34. The lowest BCUT2D eigenvalue weighted by molar-refractivity contribution is -0.147. The van der Waals surface area contributed by atoms with E-state index in [2.05, 4.69) is 15.8 Å². The Labute approximate surface area is 201 Å². The maximum Gasteiger partial charge on any atom is 0.267 e. The van der Waals surface area contributed by atoms with E-state index in [1.807, 2.05) is 6.92 Å². The number of rotatable bonds is 9. The van der Waals surface area contributed by atoms with Crippen LogP contribution in [0.1, 0.15) is 47.1 Å². The monoisotopic (exact) mass is 492 g/mol. The van der Waals surface area contributed by atoms with Crippen LogP contribution in [0.4, 0.5) is 8.78 Å². The number of amides is 3. The van der Waals surface area contributed by atoms with Crippen LogP contribution in [0, 0.1) is 13.8 Å². The first kappa shape index (κ1) is 26.3. The topological polar surface area (TPSA) is 125 Å². The van der Waals surface area contributed by atoms with Gasteiger partial charge in [0.2, 0.25) is 5.91 Å². The molecule has 0 spiro atoms. The number of aromatic nitrogens is 1. The SMILES string of the molecule is CCCNC(=O)[C@@H]1CC(F)(F)CN1C(=O)[C@@H](O)[C@H](Cc1ccccc1)NC(=O)c1c(C)noc1C. The van der Waals surface area contributed by atoms with E-state index in [1.54, 1.807) is 44.2 Å². The number of carbonyl (C=O) groups excluding carboxylic acids is 3. The zero-order valence-corrected chi connectivity index (χ0v) is 19.9. The second kappa shape index (κ2) is 10.9. The van der Waals surface area contributed by atoms with E-state index >= 15 is 0 Å². The molecule has 0 unspecified atom stereocenters. The van der Waals surface area contributed by atoms with E-state index < -0.39 is 54.8 Å². The summed E-state index contributed by atoms with van der Waals surface area (Å²) in [6, 6.07) is 6.20. The molecule has 3 atom stereocenters. The molecular weight excluding hydrogens is 462 g/mol. The molecule has 35 heavy (non-hydrogen) atoms. The number of carbonyl (C=O) groups is 3. The van der Waals surface area contributed by atoms with Gasteiger partial charge in [-0.3, -0.25) is 14.4 Å². The van der Waals surface area contributed by atoms with Gasteiger partial charge in [0.25, 0.3) is 17.7 Å². The number of hydrogen-bond donors (Lipinski definition) is 3. The molecule has 9 nitrogen and oxygen atoms in total. The lowest BCUT2D eigenvalue weighted by Crippen LogP contribution is -2.56. The number of nitrogens with one attached hydrogen (secondary N) is 2. The van der Waals surface area contributed by atoms with Crippen LogP contribution >= 0.6 is 0 Å². The molecule has 2 heterocycles. The van der Waals surface area contributed by atoms with Gasteiger partial charge in [0.15, 0.2) is 6.10 Å². The molecule has 3 amide bonds. The minimum atomic E-state index is -3.28. The number of aliphatic hydroxyl groups excluding tert-OH is 1. The smallest absolute Gasteiger partial charge is 0.267 e. The molecule has 2 aromatic rings. The quantitative estimate of drug-likeness (QED) is 0.490. The molecule has 0 saturated carbocycles. The van der Waals surface area contributed by atoms with Crippen LogP contribution in [0.5, 0.6) is 0 Å². The molecule has 1 aromatic heterocycles. The van der Waals surface area contributed by atoms with Crippen molar-refractivity contribution >= 4 is 17.7 Å². The highest BCUT2D eigenvalue weighted by Gasteiger charge is 2.51. The van der Waals surface area contributed by atoms with Crippen molar-refractivity contribution in [3.05, 3.63) is 52.9 Å². The first-order valence-corrected chi connectivity index (χ1v) is 11.5. The van der Waals surface area contributed by atoms with Crippen LogP contribution in [0.3, 0.4) is 0 Å². The lowest BCUT2D eigenvalue weighted by atomic mass is 9.99. The summed E-state index contributed by atoms with van der Waals surface area (Å²) >= 11 is 0. The summed E-state index contributed by atoms with van der Waals surface area (Å²) in [5.74, 6) is -5.41. The summed E-state index contributed by atoms with van der Waals surface area (Å²) in [4.78, 5) is 39.4. The first-order valence-electron chi connectivity index (χ1n) is 11.5. The van der Waals surface area contributed by atoms with Gasteiger partial charge in [-0.15, -0.1) is 0 Å². The van der Waals surface area contributed by atoms with E-state index in [0.29, 0.717) is 22.6 Å². The van der Waals surface area contributed by atoms with Crippen LogP contribution in [-0.2, 0) is 16.0 Å². The Kier molecular flexibility index (Phi) is 8.21. The fraction of sp³-hybridized carbons (Fsp3) is 0.500. The van der Waals surface area contributed by atoms with Crippen LogP contribution in [-0.4, -0.2) is 70.1 Å². The van der Waals surface area contributed by atoms with Crippen molar-refractivity contribution in [2.45, 2.75) is 64.1 Å². The third-order valence-electron chi connectivity index (χ3n) is 5.91. The molecular formula is C24H30F2N4O5. The molecule has 1 fully saturated rings. The molecule has 1 aliphatic heterocycles. The number of likely N-dealkylation sites (tertiary alicyclic amines) is 1. The fourth-order valence-corrected chi connectivity index (χ4v) is 4.15. The molecule has 0 aliphatic carbocycles. The van der Waals surface area contributed by atoms with Crippen molar-refractivity contribution in [2.24, 2.45) is 0 Å². The van der Waals surface area contributed by atoms with Gasteiger partial charge in [-0.25, -0.2) is 8.78 Å². The molecule has 1 aromatic carbocycles. The maximum absolute atomic E-state index is 14.2. The highest BCUT2D eigenvalue weighted by molar-refractivity contribution is 5.97. The summed E-state index contributed by atoms with van der Waals surface area (Å²) in [7, 11) is 0. The highest BCUT2D eigenvalue weighted by atomic mass is 19.3.